The summed E-state index contributed by atoms with van der Waals surface area (Å²) >= 11 is 5.35. The van der Waals surface area contributed by atoms with Gasteiger partial charge in [0.1, 0.15) is 6.34 Å². The van der Waals surface area contributed by atoms with Crippen LogP contribution < -0.4 is 0 Å². The third kappa shape index (κ3) is 1.43. The number of rotatable bonds is 1. The number of aliphatic carboxylic acids is 1. The summed E-state index contributed by atoms with van der Waals surface area (Å²) in [6.07, 6.45) is 0.880. The summed E-state index contributed by atoms with van der Waals surface area (Å²) < 4.78 is 0. The summed E-state index contributed by atoms with van der Waals surface area (Å²) in [6.45, 7) is 0. The normalized spacial score (nSPS) is 23.2. The molecular weight excluding hydrogens is 172 g/mol. The number of halogens is 1. The first-order valence-corrected chi connectivity index (χ1v) is 3.08. The van der Waals surface area contributed by atoms with Crippen molar-refractivity contribution in [2.45, 2.75) is 5.38 Å². The van der Waals surface area contributed by atoms with Crippen LogP contribution in [0.25, 0.3) is 0 Å². The molecule has 6 heteroatoms. The average Bonchev–Trinajstić information content (AvgIpc) is 1.94. The van der Waals surface area contributed by atoms with Gasteiger partial charge >= 0.3 is 5.97 Å². The number of carbonyl (C=O) groups is 2. The number of carbonyl (C=O) groups excluding carboxylic acids is 1. The fraction of sp³-hybridized carbons (Fsp3) is 0.200. The molecule has 0 fully saturated rings. The predicted octanol–water partition coefficient (Wildman–Crippen LogP) is -0.312. The van der Waals surface area contributed by atoms with E-state index < -0.39 is 17.3 Å². The van der Waals surface area contributed by atoms with Gasteiger partial charge in [-0.15, -0.1) is 11.6 Å². The van der Waals surface area contributed by atoms with Crippen LogP contribution in [-0.2, 0) is 9.59 Å². The minimum atomic E-state index is -1.30. The van der Waals surface area contributed by atoms with E-state index in [1.165, 1.54) is 0 Å². The smallest absolute Gasteiger partial charge is 0.352 e. The SMILES string of the molecule is O=C(O)C1=NC=NC(=O)C1Cl. The van der Waals surface area contributed by atoms with Gasteiger partial charge in [-0.25, -0.2) is 9.79 Å². The van der Waals surface area contributed by atoms with Crippen LogP contribution in [0.5, 0.6) is 0 Å². The molecule has 1 unspecified atom stereocenters. The van der Waals surface area contributed by atoms with Crippen LogP contribution in [0.2, 0.25) is 0 Å². The molecule has 1 N–H and O–H groups in total. The maximum atomic E-state index is 10.6. The van der Waals surface area contributed by atoms with Crippen molar-refractivity contribution in [2.24, 2.45) is 9.98 Å². The third-order valence-corrected chi connectivity index (χ3v) is 1.45. The van der Waals surface area contributed by atoms with Crippen LogP contribution in [-0.4, -0.2) is 34.4 Å². The first-order chi connectivity index (χ1) is 5.13. The second kappa shape index (κ2) is 2.79. The quantitative estimate of drug-likeness (QED) is 0.554. The minimum Gasteiger partial charge on any atom is -0.477 e. The first kappa shape index (κ1) is 7.87. The Bertz CT molecular complexity index is 271. The van der Waals surface area contributed by atoms with Gasteiger partial charge in [0.05, 0.1) is 0 Å². The zero-order chi connectivity index (χ0) is 8.43. The molecule has 0 aromatic rings. The summed E-state index contributed by atoms with van der Waals surface area (Å²) in [5, 5.41) is 7.14. The lowest BCUT2D eigenvalue weighted by Crippen LogP contribution is -2.32. The van der Waals surface area contributed by atoms with Crippen LogP contribution in [0.4, 0.5) is 0 Å². The van der Waals surface area contributed by atoms with E-state index in [0.717, 1.165) is 6.34 Å². The predicted molar refractivity (Wildman–Crippen MR) is 38.2 cm³/mol. The maximum absolute atomic E-state index is 10.6. The van der Waals surface area contributed by atoms with Crippen molar-refractivity contribution in [2.75, 3.05) is 0 Å². The molecule has 0 aliphatic carbocycles. The number of carboxylic acid groups (broad SMARTS) is 1. The third-order valence-electron chi connectivity index (χ3n) is 1.06. The van der Waals surface area contributed by atoms with E-state index in [2.05, 4.69) is 9.98 Å². The Morgan fingerprint density at radius 1 is 1.73 bits per heavy atom. The summed E-state index contributed by atoms with van der Waals surface area (Å²) in [6, 6.07) is 0. The van der Waals surface area contributed by atoms with E-state index in [1.54, 1.807) is 0 Å². The van der Waals surface area contributed by atoms with E-state index in [1.807, 2.05) is 0 Å². The lowest BCUT2D eigenvalue weighted by Gasteiger charge is -2.06. The van der Waals surface area contributed by atoms with E-state index >= 15 is 0 Å². The van der Waals surface area contributed by atoms with Crippen molar-refractivity contribution in [3.63, 3.8) is 0 Å². The van der Waals surface area contributed by atoms with E-state index in [4.69, 9.17) is 16.7 Å². The van der Waals surface area contributed by atoms with Crippen molar-refractivity contribution in [1.29, 1.82) is 0 Å². The fourth-order valence-corrected chi connectivity index (χ4v) is 0.765. The van der Waals surface area contributed by atoms with E-state index in [0.29, 0.717) is 0 Å². The van der Waals surface area contributed by atoms with E-state index in [-0.39, 0.29) is 5.71 Å². The highest BCUT2D eigenvalue weighted by Gasteiger charge is 2.28. The van der Waals surface area contributed by atoms with Gasteiger partial charge in [-0.05, 0) is 0 Å². The number of hydrogen-bond donors (Lipinski definition) is 1. The summed E-state index contributed by atoms with van der Waals surface area (Å²) in [5.41, 5.74) is -0.383. The number of amides is 1. The molecule has 0 spiro atoms. The van der Waals surface area contributed by atoms with Crippen molar-refractivity contribution < 1.29 is 14.7 Å². The standard InChI is InChI=1S/C5H3ClN2O3/c6-2-3(5(10)11)7-1-8-4(2)9/h1-2H,(H,10,11). The van der Waals surface area contributed by atoms with Gasteiger partial charge in [-0.1, -0.05) is 0 Å². The Labute approximate surface area is 66.4 Å². The lowest BCUT2D eigenvalue weighted by atomic mass is 10.2. The summed E-state index contributed by atoms with van der Waals surface area (Å²) in [4.78, 5) is 27.4. The highest BCUT2D eigenvalue weighted by Crippen LogP contribution is 2.05. The molecule has 1 rings (SSSR count). The highest BCUT2D eigenvalue weighted by molar-refractivity contribution is 6.57. The molecule has 5 nitrogen and oxygen atoms in total. The van der Waals surface area contributed by atoms with E-state index in [9.17, 15) is 9.59 Å². The van der Waals surface area contributed by atoms with Gasteiger partial charge in [0.2, 0.25) is 0 Å². The van der Waals surface area contributed by atoms with Gasteiger partial charge in [0.15, 0.2) is 11.1 Å². The second-order valence-corrected chi connectivity index (χ2v) is 2.20. The molecule has 1 heterocycles. The number of aliphatic imine (C=N–C) groups is 2. The van der Waals surface area contributed by atoms with Gasteiger partial charge in [-0.2, -0.15) is 4.99 Å². The van der Waals surface area contributed by atoms with Gasteiger partial charge in [-0.3, -0.25) is 4.79 Å². The highest BCUT2D eigenvalue weighted by atomic mass is 35.5. The molecule has 0 radical (unpaired) electrons. The maximum Gasteiger partial charge on any atom is 0.352 e. The fourth-order valence-electron chi connectivity index (χ4n) is 0.559. The molecular formula is C5H3ClN2O3. The lowest BCUT2D eigenvalue weighted by molar-refractivity contribution is -0.130. The summed E-state index contributed by atoms with van der Waals surface area (Å²) in [7, 11) is 0. The topological polar surface area (TPSA) is 79.1 Å². The summed E-state index contributed by atoms with van der Waals surface area (Å²) in [5.74, 6) is -2.00. The van der Waals surface area contributed by atoms with Gasteiger partial charge in [0, 0.05) is 0 Å². The Morgan fingerprint density at radius 2 is 2.36 bits per heavy atom. The van der Waals surface area contributed by atoms with Gasteiger partial charge in [0.25, 0.3) is 5.91 Å². The molecule has 1 amide bonds. The molecule has 0 saturated heterocycles. The van der Waals surface area contributed by atoms with Crippen LogP contribution in [0, 0.1) is 0 Å². The molecule has 1 aliphatic heterocycles. The largest absolute Gasteiger partial charge is 0.477 e. The van der Waals surface area contributed by atoms with Gasteiger partial charge < -0.3 is 5.11 Å². The first-order valence-electron chi connectivity index (χ1n) is 2.64. The number of alkyl halides is 1. The Morgan fingerprint density at radius 3 is 2.82 bits per heavy atom. The number of carboxylic acids is 1. The molecule has 11 heavy (non-hydrogen) atoms. The van der Waals surface area contributed by atoms with Crippen LogP contribution in [0.3, 0.4) is 0 Å². The molecule has 1 aliphatic rings. The molecule has 58 valence electrons. The number of hydrogen-bond acceptors (Lipinski definition) is 3. The Balaban J connectivity index is 2.96. The monoisotopic (exact) mass is 174 g/mol. The Kier molecular flexibility index (Phi) is 2.00. The van der Waals surface area contributed by atoms with Crippen LogP contribution in [0.15, 0.2) is 9.98 Å². The van der Waals surface area contributed by atoms with Crippen molar-refractivity contribution in [3.8, 4) is 0 Å². The van der Waals surface area contributed by atoms with Crippen LogP contribution in [0.1, 0.15) is 0 Å². The zero-order valence-electron chi connectivity index (χ0n) is 5.19. The van der Waals surface area contributed by atoms with Crippen molar-refractivity contribution in [3.05, 3.63) is 0 Å². The zero-order valence-corrected chi connectivity index (χ0v) is 5.95. The minimum absolute atomic E-state index is 0.383. The molecule has 0 saturated carbocycles. The van der Waals surface area contributed by atoms with Crippen LogP contribution >= 0.6 is 11.6 Å². The Hall–Kier alpha value is -1.23. The molecule has 0 bridgehead atoms. The number of nitrogens with zero attached hydrogens (tertiary/aromatic N) is 2. The second-order valence-electron chi connectivity index (χ2n) is 1.76. The molecule has 1 atom stereocenters. The molecule has 0 aromatic carbocycles. The molecule has 0 aromatic heterocycles. The van der Waals surface area contributed by atoms with Crippen molar-refractivity contribution in [1.82, 2.24) is 0 Å². The van der Waals surface area contributed by atoms with Crippen molar-refractivity contribution >= 4 is 35.5 Å². The average molecular weight is 175 g/mol.